The molecule has 0 aromatic rings. The Morgan fingerprint density at radius 1 is 0.184 bits per heavy atom. The summed E-state index contributed by atoms with van der Waals surface area (Å²) < 4.78 is 0. The summed E-state index contributed by atoms with van der Waals surface area (Å²) in [7, 11) is 0. The van der Waals surface area contributed by atoms with Gasteiger partial charge in [0, 0.05) is 66.0 Å². The van der Waals surface area contributed by atoms with Crippen LogP contribution < -0.4 is 0 Å². The van der Waals surface area contributed by atoms with E-state index in [4.69, 9.17) is 0 Å². The average molecular weight is 687 g/mol. The van der Waals surface area contributed by atoms with E-state index in [1.807, 2.05) is 128 Å². The maximum atomic E-state index is 2.38. The Labute approximate surface area is 281 Å². The van der Waals surface area contributed by atoms with Crippen LogP contribution >= 0.6 is 0 Å². The van der Waals surface area contributed by atoms with E-state index in [0.29, 0.717) is 0 Å². The number of allylic oxidation sites excluding steroid dienone is 4. The minimum atomic E-state index is 0. The molecule has 0 N–H and O–H groups in total. The van der Waals surface area contributed by atoms with Gasteiger partial charge in [-0.1, -0.05) is 37.1 Å². The van der Waals surface area contributed by atoms with Crippen molar-refractivity contribution >= 4 is 0 Å². The summed E-state index contributed by atoms with van der Waals surface area (Å²) in [4.78, 5) is 0. The second-order valence-electron chi connectivity index (χ2n) is 8.07. The fourth-order valence-corrected chi connectivity index (χ4v) is 3.16. The Morgan fingerprint density at radius 3 is 0.447 bits per heavy atom. The first-order valence-electron chi connectivity index (χ1n) is 13.0. The van der Waals surface area contributed by atoms with Crippen molar-refractivity contribution in [2.75, 3.05) is 0 Å². The van der Waals surface area contributed by atoms with Crippen LogP contribution in [0, 0.1) is 128 Å². The van der Waals surface area contributed by atoms with Crippen LogP contribution in [0.4, 0.5) is 0 Å². The molecule has 0 nitrogen and oxygen atoms in total. The molecule has 4 saturated carbocycles. The van der Waals surface area contributed by atoms with Crippen molar-refractivity contribution in [1.82, 2.24) is 0 Å². The molecule has 0 atom stereocenters. The Morgan fingerprint density at radius 2 is 0.316 bits per heavy atom. The van der Waals surface area contributed by atoms with Crippen LogP contribution in [0.2, 0.25) is 0 Å². The number of rotatable bonds is 0. The molecule has 0 unspecified atom stereocenters. The molecule has 5 aliphatic carbocycles. The van der Waals surface area contributed by atoms with Crippen molar-refractivity contribution in [3.63, 3.8) is 0 Å². The summed E-state index contributed by atoms with van der Waals surface area (Å²) in [6, 6.07) is 0. The van der Waals surface area contributed by atoms with E-state index in [9.17, 15) is 0 Å². The molecule has 0 aromatic heterocycles. The molecule has 0 aromatic carbocycles. The van der Waals surface area contributed by atoms with Crippen LogP contribution in [0.25, 0.3) is 0 Å². The molecule has 4 fully saturated rings. The third-order valence-corrected chi connectivity index (χ3v) is 5.04. The minimum Gasteiger partial charge on any atom is -0.0885 e. The van der Waals surface area contributed by atoms with Gasteiger partial charge in [-0.2, -0.15) is 0 Å². The van der Waals surface area contributed by atoms with Crippen LogP contribution in [-0.2, 0) is 66.0 Å². The predicted octanol–water partition coefficient (Wildman–Crippen LogP) is 9.09. The van der Waals surface area contributed by atoms with E-state index >= 15 is 0 Å². The molecule has 0 bridgehead atoms. The predicted molar refractivity (Wildman–Crippen MR) is 150 cm³/mol. The molecule has 0 saturated heterocycles. The van der Waals surface area contributed by atoms with Gasteiger partial charge < -0.3 is 0 Å². The van der Waals surface area contributed by atoms with Gasteiger partial charge in [-0.05, 0) is 180 Å². The summed E-state index contributed by atoms with van der Waals surface area (Å²) in [5, 5.41) is 0. The molecule has 220 valence electrons. The van der Waals surface area contributed by atoms with E-state index in [-0.39, 0.29) is 66.0 Å². The van der Waals surface area contributed by atoms with E-state index in [1.54, 1.807) is 0 Å². The fourth-order valence-electron chi connectivity index (χ4n) is 3.16. The zero-order valence-electron chi connectivity index (χ0n) is 22.2. The quantitative estimate of drug-likeness (QED) is 0.176. The van der Waals surface area contributed by atoms with Gasteiger partial charge in [0.2, 0.25) is 0 Å². The Bertz CT molecular complexity index is 314. The van der Waals surface area contributed by atoms with Gasteiger partial charge in [0.1, 0.15) is 0 Å². The maximum absolute atomic E-state index is 2.38. The summed E-state index contributed by atoms with van der Waals surface area (Å²) in [6.45, 7) is 0. The molecule has 20 radical (unpaired) electrons. The molecule has 0 aliphatic heterocycles. The second kappa shape index (κ2) is 42.9. The van der Waals surface area contributed by atoms with Crippen molar-refractivity contribution in [3.8, 4) is 0 Å². The van der Waals surface area contributed by atoms with Gasteiger partial charge in [-0.15, -0.1) is 0 Å². The van der Waals surface area contributed by atoms with Gasteiger partial charge in [0.25, 0.3) is 0 Å². The van der Waals surface area contributed by atoms with Gasteiger partial charge in [0.15, 0.2) is 0 Å². The smallest absolute Gasteiger partial charge is 0 e. The molecule has 0 spiro atoms. The van der Waals surface area contributed by atoms with Gasteiger partial charge >= 0.3 is 0 Å². The van der Waals surface area contributed by atoms with Crippen molar-refractivity contribution < 1.29 is 66.0 Å². The topological polar surface area (TPSA) is 0 Å². The van der Waals surface area contributed by atoms with E-state index < -0.39 is 0 Å². The largest absolute Gasteiger partial charge is 0.0885 e. The van der Waals surface area contributed by atoms with Crippen molar-refractivity contribution in [2.24, 2.45) is 0 Å². The summed E-state index contributed by atoms with van der Waals surface area (Å²) >= 11 is 0. The Kier molecular flexibility index (Phi) is 52.4. The van der Waals surface area contributed by atoms with Crippen molar-refractivity contribution in [2.45, 2.75) is 64.2 Å². The summed E-state index contributed by atoms with van der Waals surface area (Å²) in [5.74, 6) is 0. The summed E-state index contributed by atoms with van der Waals surface area (Å²) in [6.07, 6.45) is 63.0. The average Bonchev–Trinajstić information content (AvgIpc) is 3.73. The first-order valence-corrected chi connectivity index (χ1v) is 13.0. The molecular formula is C34H44Ni4. The van der Waals surface area contributed by atoms with Crippen LogP contribution in [0.3, 0.4) is 0 Å². The van der Waals surface area contributed by atoms with Gasteiger partial charge in [0.05, 0.1) is 0 Å². The normalized spacial score (nSPS) is 22.3. The minimum absolute atomic E-state index is 0. The van der Waals surface area contributed by atoms with Crippen molar-refractivity contribution in [1.29, 1.82) is 0 Å². The summed E-state index contributed by atoms with van der Waals surface area (Å²) in [5.41, 5.74) is 0. The number of hydrogen-bond acceptors (Lipinski definition) is 0. The molecule has 38 heavy (non-hydrogen) atoms. The van der Waals surface area contributed by atoms with Crippen LogP contribution in [0.5, 0.6) is 0 Å². The van der Waals surface area contributed by atoms with Crippen LogP contribution in [-0.4, -0.2) is 0 Å². The fraction of sp³-hybridized carbons (Fsp3) is 0.294. The second-order valence-corrected chi connectivity index (χ2v) is 8.07. The van der Waals surface area contributed by atoms with E-state index in [2.05, 4.69) is 24.3 Å². The third-order valence-electron chi connectivity index (χ3n) is 5.04. The van der Waals surface area contributed by atoms with E-state index in [1.165, 1.54) is 64.2 Å². The standard InChI is InChI=1S/C14H24.4C5H5.4Ni/c1-2-4-6-8-10-12-14-13-11-9-7-5-3-1;4*1-2-4-5-3-1;;;;/h1-2,13-14H,3-12H2;4*1-5H;;;;/b2-1-,14-13-;;;;;;;;. The first kappa shape index (κ1) is 46.4. The number of hydrogen-bond donors (Lipinski definition) is 0. The van der Waals surface area contributed by atoms with E-state index in [0.717, 1.165) is 0 Å². The zero-order valence-corrected chi connectivity index (χ0v) is 26.1. The Hall–Kier alpha value is 1.45. The van der Waals surface area contributed by atoms with Crippen LogP contribution in [0.15, 0.2) is 24.3 Å². The molecular weight excluding hydrogens is 643 g/mol. The molecule has 0 heterocycles. The SMILES string of the molecule is C1=C\CCCCC/C=C\CCCCC/1.[CH]1[CH][CH][CH][CH]1.[CH]1[CH][CH][CH][CH]1.[CH]1[CH][CH][CH][CH]1.[CH]1[CH][CH][CH][CH]1.[Ni].[Ni].[Ni].[Ni]. The zero-order chi connectivity index (χ0) is 24.0. The van der Waals surface area contributed by atoms with Gasteiger partial charge in [-0.25, -0.2) is 0 Å². The Balaban J connectivity index is -0.000000202. The first-order chi connectivity index (χ1) is 17.0. The van der Waals surface area contributed by atoms with Crippen molar-refractivity contribution in [3.05, 3.63) is 153 Å². The molecule has 4 heteroatoms. The third kappa shape index (κ3) is 39.6. The van der Waals surface area contributed by atoms with Crippen LogP contribution in [0.1, 0.15) is 64.2 Å². The molecule has 5 rings (SSSR count). The van der Waals surface area contributed by atoms with Gasteiger partial charge in [-0.3, -0.25) is 0 Å². The molecule has 5 aliphatic rings. The maximum Gasteiger partial charge on any atom is 0 e. The monoisotopic (exact) mass is 684 g/mol. The molecule has 0 amide bonds.